The summed E-state index contributed by atoms with van der Waals surface area (Å²) in [5.41, 5.74) is 0.589. The predicted octanol–water partition coefficient (Wildman–Crippen LogP) is 2.93. The van der Waals surface area contributed by atoms with Crippen molar-refractivity contribution in [1.29, 1.82) is 0 Å². The molecule has 1 aromatic carbocycles. The molecule has 0 spiro atoms. The molecular weight excluding hydrogens is 279 g/mol. The van der Waals surface area contributed by atoms with Crippen LogP contribution in [0.3, 0.4) is 0 Å². The fraction of sp³-hybridized carbons (Fsp3) is 0.182. The first-order valence-electron chi connectivity index (χ1n) is 5.26. The average Bonchev–Trinajstić information content (AvgIpc) is 2.88. The molecule has 106 valence electrons. The lowest BCUT2D eigenvalue weighted by molar-refractivity contribution is -0.159. The zero-order chi connectivity index (χ0) is 14.8. The summed E-state index contributed by atoms with van der Waals surface area (Å²) >= 11 is 0. The maximum absolute atomic E-state index is 12.3. The quantitative estimate of drug-likeness (QED) is 0.918. The summed E-state index contributed by atoms with van der Waals surface area (Å²) in [7, 11) is 1.19. The fourth-order valence-corrected chi connectivity index (χ4v) is 1.36. The monoisotopic (exact) mass is 287 g/mol. The van der Waals surface area contributed by atoms with Crippen molar-refractivity contribution in [2.45, 2.75) is 6.18 Å². The van der Waals surface area contributed by atoms with E-state index >= 15 is 0 Å². The van der Waals surface area contributed by atoms with Gasteiger partial charge in [-0.1, -0.05) is 17.3 Å². The van der Waals surface area contributed by atoms with Crippen LogP contribution in [0.2, 0.25) is 0 Å². The van der Waals surface area contributed by atoms with Crippen LogP contribution < -0.4 is 5.32 Å². The smallest absolute Gasteiger partial charge is 0.453 e. The van der Waals surface area contributed by atoms with Gasteiger partial charge in [0, 0.05) is 11.3 Å². The largest absolute Gasteiger partial charge is 0.471 e. The number of carbonyl (C=O) groups is 1. The van der Waals surface area contributed by atoms with E-state index in [1.165, 1.54) is 31.4 Å². The first-order chi connectivity index (χ1) is 9.40. The van der Waals surface area contributed by atoms with E-state index in [2.05, 4.69) is 24.7 Å². The maximum Gasteiger partial charge on any atom is 0.471 e. The van der Waals surface area contributed by atoms with Crippen molar-refractivity contribution >= 4 is 11.8 Å². The number of carbonyl (C=O) groups excluding carboxylic acids is 1. The van der Waals surface area contributed by atoms with Crippen LogP contribution >= 0.6 is 0 Å². The number of aromatic nitrogens is 2. The standard InChI is InChI=1S/C11H8F3N3O3/c1-19-10(18)15-7-4-2-3-6(5-7)8-16-9(20-17-8)11(12,13)14/h2-5H,1H3,(H,15,18). The van der Waals surface area contributed by atoms with Gasteiger partial charge in [-0.25, -0.2) is 4.79 Å². The molecule has 1 heterocycles. The Labute approximate surface area is 110 Å². The molecule has 0 bridgehead atoms. The molecule has 0 aliphatic carbocycles. The summed E-state index contributed by atoms with van der Waals surface area (Å²) in [4.78, 5) is 14.3. The normalized spacial score (nSPS) is 11.2. The number of amides is 1. The minimum absolute atomic E-state index is 0.231. The number of nitrogens with zero attached hydrogens (tertiary/aromatic N) is 2. The number of methoxy groups -OCH3 is 1. The third kappa shape index (κ3) is 3.05. The van der Waals surface area contributed by atoms with Crippen molar-refractivity contribution < 1.29 is 27.2 Å². The lowest BCUT2D eigenvalue weighted by Gasteiger charge is -2.04. The number of anilines is 1. The molecule has 9 heteroatoms. The van der Waals surface area contributed by atoms with E-state index in [1.807, 2.05) is 0 Å². The van der Waals surface area contributed by atoms with Crippen LogP contribution in [0.1, 0.15) is 5.89 Å². The van der Waals surface area contributed by atoms with Crippen LogP contribution in [-0.4, -0.2) is 23.3 Å². The van der Waals surface area contributed by atoms with Gasteiger partial charge in [-0.3, -0.25) is 5.32 Å². The number of alkyl halides is 3. The van der Waals surface area contributed by atoms with E-state index in [0.29, 0.717) is 5.69 Å². The van der Waals surface area contributed by atoms with Crippen molar-refractivity contribution in [2.24, 2.45) is 0 Å². The Bertz CT molecular complexity index is 625. The highest BCUT2D eigenvalue weighted by atomic mass is 19.4. The van der Waals surface area contributed by atoms with Gasteiger partial charge in [0.1, 0.15) is 0 Å². The number of nitrogens with one attached hydrogen (secondary N) is 1. The summed E-state index contributed by atoms with van der Waals surface area (Å²) in [5, 5.41) is 5.61. The second kappa shape index (κ2) is 5.19. The molecule has 0 radical (unpaired) electrons. The Kier molecular flexibility index (Phi) is 3.59. The maximum atomic E-state index is 12.3. The van der Waals surface area contributed by atoms with E-state index in [1.54, 1.807) is 0 Å². The predicted molar refractivity (Wildman–Crippen MR) is 60.8 cm³/mol. The molecule has 1 N–H and O–H groups in total. The zero-order valence-corrected chi connectivity index (χ0v) is 10.1. The average molecular weight is 287 g/mol. The minimum atomic E-state index is -4.70. The second-order valence-electron chi connectivity index (χ2n) is 3.62. The van der Waals surface area contributed by atoms with Crippen molar-refractivity contribution in [3.05, 3.63) is 30.2 Å². The number of ether oxygens (including phenoxy) is 1. The highest BCUT2D eigenvalue weighted by molar-refractivity contribution is 5.85. The van der Waals surface area contributed by atoms with Gasteiger partial charge in [0.25, 0.3) is 0 Å². The first-order valence-corrected chi connectivity index (χ1v) is 5.26. The molecule has 0 aliphatic heterocycles. The Balaban J connectivity index is 2.27. The van der Waals surface area contributed by atoms with E-state index in [4.69, 9.17) is 0 Å². The molecule has 6 nitrogen and oxygen atoms in total. The van der Waals surface area contributed by atoms with Crippen molar-refractivity contribution in [3.63, 3.8) is 0 Å². The number of hydrogen-bond acceptors (Lipinski definition) is 5. The van der Waals surface area contributed by atoms with E-state index in [-0.39, 0.29) is 11.4 Å². The zero-order valence-electron chi connectivity index (χ0n) is 10.1. The summed E-state index contributed by atoms with van der Waals surface area (Å²) in [6, 6.07) is 5.92. The van der Waals surface area contributed by atoms with Gasteiger partial charge in [0.15, 0.2) is 0 Å². The van der Waals surface area contributed by atoms with Gasteiger partial charge >= 0.3 is 18.2 Å². The van der Waals surface area contributed by atoms with Crippen LogP contribution in [0.4, 0.5) is 23.7 Å². The summed E-state index contributed by atoms with van der Waals surface area (Å²) < 4.78 is 45.6. The second-order valence-corrected chi connectivity index (χ2v) is 3.62. The highest BCUT2D eigenvalue weighted by Crippen LogP contribution is 2.29. The lowest BCUT2D eigenvalue weighted by Crippen LogP contribution is -2.10. The Hall–Kier alpha value is -2.58. The first kappa shape index (κ1) is 13.8. The minimum Gasteiger partial charge on any atom is -0.453 e. The molecule has 20 heavy (non-hydrogen) atoms. The van der Waals surface area contributed by atoms with Crippen LogP contribution in [0.15, 0.2) is 28.8 Å². The molecule has 1 aromatic heterocycles. The molecule has 2 rings (SSSR count). The van der Waals surface area contributed by atoms with Gasteiger partial charge in [-0.2, -0.15) is 18.2 Å². The van der Waals surface area contributed by atoms with Crippen molar-refractivity contribution in [1.82, 2.24) is 10.1 Å². The van der Waals surface area contributed by atoms with Gasteiger partial charge < -0.3 is 9.26 Å². The van der Waals surface area contributed by atoms with Crippen LogP contribution in [0, 0.1) is 0 Å². The van der Waals surface area contributed by atoms with Crippen LogP contribution in [0.5, 0.6) is 0 Å². The SMILES string of the molecule is COC(=O)Nc1cccc(-c2noc(C(F)(F)F)n2)c1. The molecule has 1 amide bonds. The van der Waals surface area contributed by atoms with E-state index in [0.717, 1.165) is 0 Å². The molecule has 0 aliphatic rings. The molecule has 2 aromatic rings. The fourth-order valence-electron chi connectivity index (χ4n) is 1.36. The Morgan fingerprint density at radius 3 is 2.75 bits per heavy atom. The van der Waals surface area contributed by atoms with Gasteiger partial charge in [-0.05, 0) is 12.1 Å². The Morgan fingerprint density at radius 1 is 1.40 bits per heavy atom. The van der Waals surface area contributed by atoms with E-state index in [9.17, 15) is 18.0 Å². The molecular formula is C11H8F3N3O3. The Morgan fingerprint density at radius 2 is 2.15 bits per heavy atom. The van der Waals surface area contributed by atoms with Gasteiger partial charge in [0.2, 0.25) is 5.82 Å². The molecule has 0 unspecified atom stereocenters. The number of hydrogen-bond donors (Lipinski definition) is 1. The molecule has 0 atom stereocenters. The van der Waals surface area contributed by atoms with Crippen LogP contribution in [0.25, 0.3) is 11.4 Å². The number of benzene rings is 1. The van der Waals surface area contributed by atoms with Crippen molar-refractivity contribution in [3.8, 4) is 11.4 Å². The molecule has 0 saturated heterocycles. The third-order valence-corrected chi connectivity index (χ3v) is 2.22. The summed E-state index contributed by atoms with van der Waals surface area (Å²) in [6.45, 7) is 0. The van der Waals surface area contributed by atoms with Gasteiger partial charge in [0.05, 0.1) is 7.11 Å². The summed E-state index contributed by atoms with van der Waals surface area (Å²) in [5.74, 6) is -1.66. The van der Waals surface area contributed by atoms with Crippen LogP contribution in [-0.2, 0) is 10.9 Å². The number of halogens is 3. The summed E-state index contributed by atoms with van der Waals surface area (Å²) in [6.07, 6.45) is -5.40. The topological polar surface area (TPSA) is 77.2 Å². The third-order valence-electron chi connectivity index (χ3n) is 2.22. The molecule has 0 saturated carbocycles. The number of rotatable bonds is 2. The van der Waals surface area contributed by atoms with E-state index < -0.39 is 18.2 Å². The molecule has 0 fully saturated rings. The highest BCUT2D eigenvalue weighted by Gasteiger charge is 2.38. The van der Waals surface area contributed by atoms with Crippen molar-refractivity contribution in [2.75, 3.05) is 12.4 Å². The lowest BCUT2D eigenvalue weighted by atomic mass is 10.2. The van der Waals surface area contributed by atoms with Gasteiger partial charge in [-0.15, -0.1) is 0 Å².